The largest absolute Gasteiger partial charge is 0.369 e. The van der Waals surface area contributed by atoms with Crippen LogP contribution in [0.4, 0.5) is 23.1 Å². The van der Waals surface area contributed by atoms with Crippen molar-refractivity contribution in [3.05, 3.63) is 34.5 Å². The zero-order chi connectivity index (χ0) is 20.5. The van der Waals surface area contributed by atoms with Crippen LogP contribution >= 0.6 is 11.6 Å². The lowest BCUT2D eigenvalue weighted by molar-refractivity contribution is 0.0782. The Morgan fingerprint density at radius 3 is 2.59 bits per heavy atom. The summed E-state index contributed by atoms with van der Waals surface area (Å²) in [7, 11) is 5.73. The summed E-state index contributed by atoms with van der Waals surface area (Å²) in [5, 5.41) is 6.57. The van der Waals surface area contributed by atoms with Gasteiger partial charge in [0.05, 0.1) is 17.4 Å². The molecule has 0 unspecified atom stereocenters. The van der Waals surface area contributed by atoms with Crippen LogP contribution in [0, 0.1) is 0 Å². The fraction of sp³-hybridized carbons (Fsp3) is 0.450. The molecule has 2 aromatic rings. The summed E-state index contributed by atoms with van der Waals surface area (Å²) in [6.07, 6.45) is 2.37. The minimum absolute atomic E-state index is 0.0174. The summed E-state index contributed by atoms with van der Waals surface area (Å²) < 4.78 is 0. The van der Waals surface area contributed by atoms with E-state index in [-0.39, 0.29) is 5.91 Å². The Hall–Kier alpha value is -2.58. The van der Waals surface area contributed by atoms with E-state index >= 15 is 0 Å². The van der Waals surface area contributed by atoms with Crippen molar-refractivity contribution in [2.75, 3.05) is 69.4 Å². The predicted molar refractivity (Wildman–Crippen MR) is 117 cm³/mol. The molecule has 9 heteroatoms. The fourth-order valence-electron chi connectivity index (χ4n) is 3.86. The van der Waals surface area contributed by atoms with E-state index in [1.807, 2.05) is 13.1 Å². The van der Waals surface area contributed by atoms with Gasteiger partial charge in [-0.25, -0.2) is 4.98 Å². The van der Waals surface area contributed by atoms with Crippen molar-refractivity contribution in [3.63, 3.8) is 0 Å². The molecule has 2 aliphatic rings. The third-order valence-corrected chi connectivity index (χ3v) is 5.89. The number of anilines is 4. The van der Waals surface area contributed by atoms with Crippen LogP contribution in [0.1, 0.15) is 15.9 Å². The number of nitrogens with one attached hydrogen (secondary N) is 2. The first-order valence-electron chi connectivity index (χ1n) is 9.80. The first-order valence-corrected chi connectivity index (χ1v) is 10.2. The van der Waals surface area contributed by atoms with Crippen LogP contribution in [0.2, 0.25) is 5.02 Å². The van der Waals surface area contributed by atoms with E-state index in [0.29, 0.717) is 28.9 Å². The van der Waals surface area contributed by atoms with Gasteiger partial charge in [-0.2, -0.15) is 4.98 Å². The van der Waals surface area contributed by atoms with Crippen molar-refractivity contribution < 1.29 is 4.79 Å². The number of hydrogen-bond donors (Lipinski definition) is 2. The van der Waals surface area contributed by atoms with Crippen molar-refractivity contribution in [2.45, 2.75) is 6.42 Å². The highest BCUT2D eigenvalue weighted by molar-refractivity contribution is 6.33. The normalized spacial score (nSPS) is 17.3. The lowest BCUT2D eigenvalue weighted by Gasteiger charge is -2.37. The molecule has 1 fully saturated rings. The molecule has 1 saturated heterocycles. The number of piperazine rings is 1. The van der Waals surface area contributed by atoms with E-state index in [1.54, 1.807) is 18.1 Å². The van der Waals surface area contributed by atoms with Crippen molar-refractivity contribution in [3.8, 4) is 0 Å². The number of halogens is 1. The maximum absolute atomic E-state index is 13.1. The second-order valence-corrected chi connectivity index (χ2v) is 7.93. The first kappa shape index (κ1) is 19.7. The lowest BCUT2D eigenvalue weighted by Crippen LogP contribution is -2.45. The third-order valence-electron chi connectivity index (χ3n) is 5.61. The average molecular weight is 416 g/mol. The highest BCUT2D eigenvalue weighted by Gasteiger charge is 2.29. The standard InChI is InChI=1S/C20H26ClN7O/c1-22-20-23-12-14(21)18(25-20)24-15-4-5-16(28-10-8-26(2)9-11-28)13-6-7-27(3)19(29)17(13)15/h4-5,12H,6-11H2,1-3H3,(H2,22,23,24,25). The minimum atomic E-state index is 0.0174. The molecule has 3 heterocycles. The number of benzene rings is 1. The Morgan fingerprint density at radius 1 is 1.10 bits per heavy atom. The van der Waals surface area contributed by atoms with E-state index in [2.05, 4.69) is 43.5 Å². The molecule has 2 aliphatic heterocycles. The summed E-state index contributed by atoms with van der Waals surface area (Å²) >= 11 is 6.29. The zero-order valence-electron chi connectivity index (χ0n) is 17.0. The van der Waals surface area contributed by atoms with Crippen LogP contribution in [0.25, 0.3) is 0 Å². The van der Waals surface area contributed by atoms with Crippen molar-refractivity contribution in [2.24, 2.45) is 0 Å². The number of likely N-dealkylation sites (N-methyl/N-ethyl adjacent to an activating group) is 2. The van der Waals surface area contributed by atoms with Gasteiger partial charge in [-0.1, -0.05) is 11.6 Å². The molecule has 0 atom stereocenters. The molecule has 0 bridgehead atoms. The van der Waals surface area contributed by atoms with Crippen LogP contribution in [0.5, 0.6) is 0 Å². The first-order chi connectivity index (χ1) is 14.0. The molecule has 154 valence electrons. The summed E-state index contributed by atoms with van der Waals surface area (Å²) in [5.74, 6) is 0.952. The molecule has 29 heavy (non-hydrogen) atoms. The predicted octanol–water partition coefficient (Wildman–Crippen LogP) is 2.30. The molecule has 1 amide bonds. The van der Waals surface area contributed by atoms with Gasteiger partial charge in [0.15, 0.2) is 5.82 Å². The number of fused-ring (bicyclic) bond motifs is 1. The van der Waals surface area contributed by atoms with Crippen LogP contribution < -0.4 is 15.5 Å². The summed E-state index contributed by atoms with van der Waals surface area (Å²) in [5.41, 5.74) is 3.68. The molecular formula is C20H26ClN7O. The number of nitrogens with zero attached hydrogens (tertiary/aromatic N) is 5. The van der Waals surface area contributed by atoms with Crippen molar-refractivity contribution >= 4 is 40.6 Å². The number of rotatable bonds is 4. The quantitative estimate of drug-likeness (QED) is 0.793. The molecule has 1 aromatic carbocycles. The van der Waals surface area contributed by atoms with Gasteiger partial charge in [0.2, 0.25) is 5.95 Å². The van der Waals surface area contributed by atoms with E-state index in [0.717, 1.165) is 49.5 Å². The molecule has 8 nitrogen and oxygen atoms in total. The Bertz CT molecular complexity index is 927. The van der Waals surface area contributed by atoms with Gasteiger partial charge in [0.1, 0.15) is 5.02 Å². The highest BCUT2D eigenvalue weighted by atomic mass is 35.5. The molecular weight excluding hydrogens is 390 g/mol. The molecule has 0 aliphatic carbocycles. The van der Waals surface area contributed by atoms with Crippen molar-refractivity contribution in [1.82, 2.24) is 19.8 Å². The Morgan fingerprint density at radius 2 is 1.86 bits per heavy atom. The van der Waals surface area contributed by atoms with Gasteiger partial charge in [0, 0.05) is 52.5 Å². The summed E-state index contributed by atoms with van der Waals surface area (Å²) in [6.45, 7) is 4.68. The van der Waals surface area contributed by atoms with Crippen LogP contribution in [-0.2, 0) is 6.42 Å². The molecule has 1 aromatic heterocycles. The number of amides is 1. The summed E-state index contributed by atoms with van der Waals surface area (Å²) in [6, 6.07) is 4.07. The lowest BCUT2D eigenvalue weighted by atomic mass is 9.94. The van der Waals surface area contributed by atoms with E-state index in [9.17, 15) is 4.79 Å². The number of carbonyl (C=O) groups is 1. The van der Waals surface area contributed by atoms with E-state index in [4.69, 9.17) is 11.6 Å². The monoisotopic (exact) mass is 415 g/mol. The van der Waals surface area contributed by atoms with Crippen molar-refractivity contribution in [1.29, 1.82) is 0 Å². The van der Waals surface area contributed by atoms with Gasteiger partial charge >= 0.3 is 0 Å². The maximum Gasteiger partial charge on any atom is 0.256 e. The second-order valence-electron chi connectivity index (χ2n) is 7.52. The van der Waals surface area contributed by atoms with Gasteiger partial charge in [-0.15, -0.1) is 0 Å². The second kappa shape index (κ2) is 8.04. The van der Waals surface area contributed by atoms with Crippen LogP contribution in [-0.4, -0.2) is 79.5 Å². The maximum atomic E-state index is 13.1. The Kier molecular flexibility index (Phi) is 5.47. The molecule has 2 N–H and O–H groups in total. The van der Waals surface area contributed by atoms with Gasteiger partial charge in [-0.05, 0) is 31.2 Å². The molecule has 0 spiro atoms. The smallest absolute Gasteiger partial charge is 0.256 e. The topological polar surface area (TPSA) is 76.6 Å². The zero-order valence-corrected chi connectivity index (χ0v) is 17.8. The minimum Gasteiger partial charge on any atom is -0.369 e. The van der Waals surface area contributed by atoms with Gasteiger partial charge in [-0.3, -0.25) is 4.79 Å². The highest BCUT2D eigenvalue weighted by Crippen LogP contribution is 2.36. The van der Waals surface area contributed by atoms with E-state index in [1.165, 1.54) is 0 Å². The number of aromatic nitrogens is 2. The average Bonchev–Trinajstić information content (AvgIpc) is 2.73. The molecule has 0 radical (unpaired) electrons. The molecule has 0 saturated carbocycles. The summed E-state index contributed by atoms with van der Waals surface area (Å²) in [4.78, 5) is 28.1. The molecule has 4 rings (SSSR count). The number of carbonyl (C=O) groups excluding carboxylic acids is 1. The third kappa shape index (κ3) is 3.82. The number of hydrogen-bond acceptors (Lipinski definition) is 7. The fourth-order valence-corrected chi connectivity index (χ4v) is 3.99. The van der Waals surface area contributed by atoms with Crippen LogP contribution in [0.3, 0.4) is 0 Å². The van der Waals surface area contributed by atoms with Crippen LogP contribution in [0.15, 0.2) is 18.3 Å². The Labute approximate surface area is 175 Å². The SMILES string of the molecule is CNc1ncc(Cl)c(Nc2ccc(N3CCN(C)CC3)c3c2C(=O)N(C)CC3)n1. The van der Waals surface area contributed by atoms with Gasteiger partial charge in [0.25, 0.3) is 5.91 Å². The van der Waals surface area contributed by atoms with E-state index < -0.39 is 0 Å². The Balaban J connectivity index is 1.75. The van der Waals surface area contributed by atoms with Gasteiger partial charge < -0.3 is 25.3 Å².